The molecule has 4 rings (SSSR count). The molecule has 0 amide bonds. The maximum atomic E-state index is 13.7. The molecule has 0 aromatic heterocycles. The molecule has 188 valence electrons. The lowest BCUT2D eigenvalue weighted by Gasteiger charge is -2.44. The van der Waals surface area contributed by atoms with Gasteiger partial charge in [-0.05, 0) is 47.7 Å². The number of carbonyl (C=O) groups excluding carboxylic acids is 1. The van der Waals surface area contributed by atoms with Crippen molar-refractivity contribution in [2.45, 2.75) is 32.6 Å². The van der Waals surface area contributed by atoms with E-state index in [0.29, 0.717) is 57.0 Å². The molecule has 0 unspecified atom stereocenters. The van der Waals surface area contributed by atoms with Crippen LogP contribution in [-0.2, 0) is 4.79 Å². The van der Waals surface area contributed by atoms with Gasteiger partial charge in [-0.15, -0.1) is 0 Å². The molecule has 0 saturated carbocycles. The Kier molecular flexibility index (Phi) is 6.87. The second-order valence-electron chi connectivity index (χ2n) is 9.54. The van der Waals surface area contributed by atoms with Crippen LogP contribution in [0.4, 0.5) is 5.69 Å². The minimum Gasteiger partial charge on any atom is -0.493 e. The minimum atomic E-state index is -0.707. The predicted octanol–water partition coefficient (Wildman–Crippen LogP) is 5.96. The Hall–Kier alpha value is -3.34. The van der Waals surface area contributed by atoms with Crippen molar-refractivity contribution in [3.05, 3.63) is 68.6 Å². The zero-order valence-corrected chi connectivity index (χ0v) is 22.3. The molecule has 2 N–H and O–H groups in total. The third-order valence-corrected chi connectivity index (χ3v) is 7.30. The highest BCUT2D eigenvalue weighted by atomic mass is 35.5. The number of hydrogen-bond acceptors (Lipinski definition) is 7. The quantitative estimate of drug-likeness (QED) is 0.511. The van der Waals surface area contributed by atoms with Gasteiger partial charge in [0.05, 0.1) is 48.9 Å². The first-order valence-corrected chi connectivity index (χ1v) is 12.0. The largest absolute Gasteiger partial charge is 0.493 e. The van der Waals surface area contributed by atoms with Gasteiger partial charge in [-0.1, -0.05) is 37.0 Å². The molecule has 1 heterocycles. The number of methoxy groups -OCH3 is 3. The third kappa shape index (κ3) is 4.25. The molecule has 1 aliphatic heterocycles. The number of ether oxygens (including phenoxy) is 3. The summed E-state index contributed by atoms with van der Waals surface area (Å²) in [5.74, 6) is 0.712. The second-order valence-corrected chi connectivity index (χ2v) is 10.4. The summed E-state index contributed by atoms with van der Waals surface area (Å²) in [7, 11) is 4.55. The van der Waals surface area contributed by atoms with E-state index in [9.17, 15) is 10.1 Å². The summed E-state index contributed by atoms with van der Waals surface area (Å²) in [6, 6.07) is 10.9. The highest BCUT2D eigenvalue weighted by molar-refractivity contribution is 6.42. The normalized spacial score (nSPS) is 19.1. The van der Waals surface area contributed by atoms with E-state index >= 15 is 0 Å². The molecular formula is C27H27Cl2N3O4. The molecule has 0 saturated heterocycles. The Morgan fingerprint density at radius 1 is 1.03 bits per heavy atom. The fraction of sp³-hybridized carbons (Fsp3) is 0.333. The number of hydrogen-bond donors (Lipinski definition) is 1. The van der Waals surface area contributed by atoms with Crippen molar-refractivity contribution in [1.29, 1.82) is 5.26 Å². The highest BCUT2D eigenvalue weighted by Crippen LogP contribution is 2.52. The standard InChI is InChI=1S/C27H27Cl2N3O4/c1-27(2)11-19-24(20(33)12-27)23(14-8-21(34-3)25(36-5)22(9-14)35-4)16(13-30)26(31)32(19)15-6-7-17(28)18(29)10-15/h6-10,23H,11-12,31H2,1-5H3/t23-/m0/s1. The second kappa shape index (κ2) is 9.61. The average molecular weight is 528 g/mol. The number of nitrogens with two attached hydrogens (primary N) is 1. The van der Waals surface area contributed by atoms with Crippen LogP contribution in [0, 0.1) is 16.7 Å². The number of ketones is 1. The van der Waals surface area contributed by atoms with Gasteiger partial charge in [0.1, 0.15) is 5.82 Å². The summed E-state index contributed by atoms with van der Waals surface area (Å²) >= 11 is 12.5. The van der Waals surface area contributed by atoms with Crippen molar-refractivity contribution >= 4 is 34.7 Å². The molecule has 0 fully saturated rings. The van der Waals surface area contributed by atoms with E-state index in [2.05, 4.69) is 6.07 Å². The zero-order valence-electron chi connectivity index (χ0n) is 20.7. The lowest BCUT2D eigenvalue weighted by Crippen LogP contribution is -2.42. The van der Waals surface area contributed by atoms with Gasteiger partial charge in [0.2, 0.25) is 5.75 Å². The van der Waals surface area contributed by atoms with E-state index in [1.807, 2.05) is 13.8 Å². The van der Waals surface area contributed by atoms with Gasteiger partial charge in [0.25, 0.3) is 0 Å². The van der Waals surface area contributed by atoms with Gasteiger partial charge in [-0.3, -0.25) is 9.69 Å². The molecule has 1 atom stereocenters. The summed E-state index contributed by atoms with van der Waals surface area (Å²) in [6.45, 7) is 4.08. The van der Waals surface area contributed by atoms with Crippen LogP contribution >= 0.6 is 23.2 Å². The van der Waals surface area contributed by atoms with Crippen LogP contribution < -0.4 is 24.8 Å². The monoisotopic (exact) mass is 527 g/mol. The smallest absolute Gasteiger partial charge is 0.203 e. The van der Waals surface area contributed by atoms with Crippen molar-refractivity contribution in [2.75, 3.05) is 26.2 Å². The van der Waals surface area contributed by atoms with Crippen molar-refractivity contribution in [2.24, 2.45) is 11.1 Å². The van der Waals surface area contributed by atoms with Crippen molar-refractivity contribution in [3.63, 3.8) is 0 Å². The van der Waals surface area contributed by atoms with Crippen LogP contribution in [-0.4, -0.2) is 27.1 Å². The summed E-state index contributed by atoms with van der Waals surface area (Å²) in [6.07, 6.45) is 0.898. The molecule has 1 aliphatic carbocycles. The molecule has 0 bridgehead atoms. The summed E-state index contributed by atoms with van der Waals surface area (Å²) in [4.78, 5) is 15.5. The maximum Gasteiger partial charge on any atom is 0.203 e. The van der Waals surface area contributed by atoms with Crippen LogP contribution in [0.5, 0.6) is 17.2 Å². The van der Waals surface area contributed by atoms with E-state index in [1.54, 1.807) is 35.2 Å². The number of carbonyl (C=O) groups is 1. The number of anilines is 1. The molecular weight excluding hydrogens is 501 g/mol. The fourth-order valence-electron chi connectivity index (χ4n) is 5.03. The lowest BCUT2D eigenvalue weighted by atomic mass is 9.68. The Morgan fingerprint density at radius 3 is 2.19 bits per heavy atom. The summed E-state index contributed by atoms with van der Waals surface area (Å²) in [5, 5.41) is 11.0. The van der Waals surface area contributed by atoms with Crippen LogP contribution in [0.3, 0.4) is 0 Å². The SMILES string of the molecule is COc1cc([C@H]2C(C#N)=C(N)N(c3ccc(Cl)c(Cl)c3)C3=C2C(=O)CC(C)(C)C3)cc(OC)c1OC. The molecule has 36 heavy (non-hydrogen) atoms. The van der Waals surface area contributed by atoms with Crippen molar-refractivity contribution in [3.8, 4) is 23.3 Å². The molecule has 2 aromatic carbocycles. The van der Waals surface area contributed by atoms with Crippen LogP contribution in [0.15, 0.2) is 53.0 Å². The van der Waals surface area contributed by atoms with Crippen LogP contribution in [0.25, 0.3) is 0 Å². The van der Waals surface area contributed by atoms with Gasteiger partial charge in [-0.25, -0.2) is 0 Å². The Bertz CT molecular complexity index is 1330. The number of benzene rings is 2. The van der Waals surface area contributed by atoms with Gasteiger partial charge >= 0.3 is 0 Å². The van der Waals surface area contributed by atoms with E-state index in [4.69, 9.17) is 43.1 Å². The highest BCUT2D eigenvalue weighted by Gasteiger charge is 2.45. The number of halogens is 2. The number of nitriles is 1. The summed E-state index contributed by atoms with van der Waals surface area (Å²) < 4.78 is 16.5. The van der Waals surface area contributed by atoms with Gasteiger partial charge < -0.3 is 19.9 Å². The number of nitrogens with zero attached hydrogens (tertiary/aromatic N) is 2. The Morgan fingerprint density at radius 2 is 1.67 bits per heavy atom. The Labute approximate surface area is 220 Å². The number of Topliss-reactive ketones (excluding diaryl/α,β-unsaturated/α-hetero) is 1. The molecule has 2 aromatic rings. The van der Waals surface area contributed by atoms with E-state index in [0.717, 1.165) is 5.70 Å². The maximum absolute atomic E-state index is 13.7. The zero-order chi connectivity index (χ0) is 26.4. The average Bonchev–Trinajstić information content (AvgIpc) is 2.83. The molecule has 9 heteroatoms. The van der Waals surface area contributed by atoms with Crippen LogP contribution in [0.2, 0.25) is 10.0 Å². The van der Waals surface area contributed by atoms with Gasteiger partial charge in [0.15, 0.2) is 17.3 Å². The van der Waals surface area contributed by atoms with Crippen molar-refractivity contribution < 1.29 is 19.0 Å². The third-order valence-electron chi connectivity index (χ3n) is 6.56. The van der Waals surface area contributed by atoms with Gasteiger partial charge in [-0.2, -0.15) is 5.26 Å². The topological polar surface area (TPSA) is 97.8 Å². The fourth-order valence-corrected chi connectivity index (χ4v) is 5.32. The van der Waals surface area contributed by atoms with E-state index < -0.39 is 5.92 Å². The predicted molar refractivity (Wildman–Crippen MR) is 140 cm³/mol. The summed E-state index contributed by atoms with van der Waals surface area (Å²) in [5.41, 5.74) is 9.12. The Balaban J connectivity index is 2.03. The first-order chi connectivity index (χ1) is 17.1. The van der Waals surface area contributed by atoms with E-state index in [-0.39, 0.29) is 22.6 Å². The number of allylic oxidation sites excluding steroid dienone is 3. The van der Waals surface area contributed by atoms with Crippen molar-refractivity contribution in [1.82, 2.24) is 0 Å². The van der Waals surface area contributed by atoms with Crippen LogP contribution in [0.1, 0.15) is 38.2 Å². The first kappa shape index (κ1) is 25.7. The van der Waals surface area contributed by atoms with Gasteiger partial charge in [0, 0.05) is 23.4 Å². The van der Waals surface area contributed by atoms with E-state index in [1.165, 1.54) is 21.3 Å². The molecule has 2 aliphatic rings. The molecule has 7 nitrogen and oxygen atoms in total. The first-order valence-electron chi connectivity index (χ1n) is 11.3. The molecule has 0 radical (unpaired) electrons. The minimum absolute atomic E-state index is 0.0506. The number of rotatable bonds is 5. The molecule has 0 spiro atoms. The lowest BCUT2D eigenvalue weighted by molar-refractivity contribution is -0.118.